The molecule has 1 aromatic heterocycles. The van der Waals surface area contributed by atoms with Crippen LogP contribution in [0.15, 0.2) is 16.5 Å². The van der Waals surface area contributed by atoms with Gasteiger partial charge >= 0.3 is 0 Å². The molecular formula is C16H22N2O2. The predicted molar refractivity (Wildman–Crippen MR) is 75.4 cm³/mol. The van der Waals surface area contributed by atoms with E-state index in [2.05, 4.69) is 29.7 Å². The van der Waals surface area contributed by atoms with Gasteiger partial charge < -0.3 is 15.1 Å². The molecule has 4 unspecified atom stereocenters. The Bertz CT molecular complexity index is 520. The number of amides is 1. The molecule has 4 atom stereocenters. The molecule has 4 heteroatoms. The molecule has 3 aliphatic rings. The third-order valence-electron chi connectivity index (χ3n) is 5.05. The average Bonchev–Trinajstić information content (AvgIpc) is 3.27. The Morgan fingerprint density at radius 2 is 2.00 bits per heavy atom. The first-order chi connectivity index (χ1) is 9.72. The van der Waals surface area contributed by atoms with Gasteiger partial charge in [-0.2, -0.15) is 0 Å². The van der Waals surface area contributed by atoms with Crippen LogP contribution < -0.4 is 10.6 Å². The fraction of sp³-hybridized carbons (Fsp3) is 0.688. The Balaban J connectivity index is 1.30. The number of rotatable bonds is 5. The van der Waals surface area contributed by atoms with Gasteiger partial charge in [-0.3, -0.25) is 4.79 Å². The second kappa shape index (κ2) is 4.62. The summed E-state index contributed by atoms with van der Waals surface area (Å²) in [5, 5.41) is 6.30. The van der Waals surface area contributed by atoms with E-state index in [0.29, 0.717) is 17.8 Å². The summed E-state index contributed by atoms with van der Waals surface area (Å²) in [7, 11) is 0. The highest BCUT2D eigenvalue weighted by Crippen LogP contribution is 2.51. The zero-order valence-electron chi connectivity index (χ0n) is 11.9. The van der Waals surface area contributed by atoms with Crippen molar-refractivity contribution in [3.05, 3.63) is 23.7 Å². The molecule has 2 saturated carbocycles. The van der Waals surface area contributed by atoms with Crippen LogP contribution in [0.5, 0.6) is 0 Å². The van der Waals surface area contributed by atoms with Gasteiger partial charge in [-0.1, -0.05) is 6.92 Å². The van der Waals surface area contributed by atoms with E-state index in [1.807, 2.05) is 0 Å². The summed E-state index contributed by atoms with van der Waals surface area (Å²) < 4.78 is 5.95. The smallest absolute Gasteiger partial charge is 0.223 e. The molecule has 0 spiro atoms. The van der Waals surface area contributed by atoms with Crippen molar-refractivity contribution in [2.24, 2.45) is 17.8 Å². The minimum absolute atomic E-state index is 0.138. The van der Waals surface area contributed by atoms with Crippen LogP contribution in [0, 0.1) is 17.8 Å². The second-order valence-electron chi connectivity index (χ2n) is 6.78. The van der Waals surface area contributed by atoms with E-state index in [4.69, 9.17) is 4.42 Å². The van der Waals surface area contributed by atoms with Gasteiger partial charge in [0.1, 0.15) is 11.5 Å². The molecule has 0 bridgehead atoms. The summed E-state index contributed by atoms with van der Waals surface area (Å²) in [6.07, 6.45) is 2.19. The summed E-state index contributed by atoms with van der Waals surface area (Å²) >= 11 is 0. The summed E-state index contributed by atoms with van der Waals surface area (Å²) in [6, 6.07) is 4.19. The number of carbonyl (C=O) groups is 1. The molecule has 4 rings (SSSR count). The van der Waals surface area contributed by atoms with Crippen LogP contribution in [0.1, 0.15) is 43.1 Å². The highest BCUT2D eigenvalue weighted by molar-refractivity contribution is 5.82. The van der Waals surface area contributed by atoms with E-state index in [9.17, 15) is 4.79 Å². The van der Waals surface area contributed by atoms with Crippen LogP contribution in [-0.4, -0.2) is 25.5 Å². The number of hydrogen-bond donors (Lipinski definition) is 2. The Morgan fingerprint density at radius 1 is 1.30 bits per heavy atom. The van der Waals surface area contributed by atoms with Gasteiger partial charge in [-0.15, -0.1) is 0 Å². The standard InChI is InChI=1S/C16H22N2O2/c1-9-4-11(9)14-2-3-15(20-14)12-5-13(12)16(19)18-8-10-6-17-7-10/h2-3,9-13,17H,4-8H2,1H3,(H,18,19). The molecule has 0 radical (unpaired) electrons. The van der Waals surface area contributed by atoms with E-state index in [1.54, 1.807) is 0 Å². The van der Waals surface area contributed by atoms with Gasteiger partial charge in [0.25, 0.3) is 0 Å². The van der Waals surface area contributed by atoms with E-state index < -0.39 is 0 Å². The summed E-state index contributed by atoms with van der Waals surface area (Å²) in [5.41, 5.74) is 0. The van der Waals surface area contributed by atoms with Crippen LogP contribution in [0.3, 0.4) is 0 Å². The van der Waals surface area contributed by atoms with Crippen molar-refractivity contribution in [2.45, 2.75) is 31.6 Å². The molecular weight excluding hydrogens is 252 g/mol. The van der Waals surface area contributed by atoms with Crippen molar-refractivity contribution < 1.29 is 9.21 Å². The molecule has 108 valence electrons. The van der Waals surface area contributed by atoms with Crippen LogP contribution >= 0.6 is 0 Å². The van der Waals surface area contributed by atoms with E-state index in [0.717, 1.165) is 43.5 Å². The molecule has 0 aromatic carbocycles. The Labute approximate surface area is 119 Å². The number of nitrogens with one attached hydrogen (secondary N) is 2. The van der Waals surface area contributed by atoms with Gasteiger partial charge in [0.05, 0.1) is 0 Å². The maximum atomic E-state index is 12.1. The Kier molecular flexibility index (Phi) is 2.88. The quantitative estimate of drug-likeness (QED) is 0.861. The van der Waals surface area contributed by atoms with Crippen molar-refractivity contribution >= 4 is 5.91 Å². The first kappa shape index (κ1) is 12.5. The van der Waals surface area contributed by atoms with Crippen molar-refractivity contribution in [3.63, 3.8) is 0 Å². The summed E-state index contributed by atoms with van der Waals surface area (Å²) in [5.74, 6) is 4.83. The van der Waals surface area contributed by atoms with Gasteiger partial charge in [-0.25, -0.2) is 0 Å². The second-order valence-corrected chi connectivity index (χ2v) is 6.78. The maximum Gasteiger partial charge on any atom is 0.223 e. The summed E-state index contributed by atoms with van der Waals surface area (Å²) in [4.78, 5) is 12.1. The molecule has 1 aliphatic heterocycles. The molecule has 1 saturated heterocycles. The topological polar surface area (TPSA) is 54.3 Å². The molecule has 1 aromatic rings. The van der Waals surface area contributed by atoms with Gasteiger partial charge in [-0.05, 0) is 30.9 Å². The molecule has 2 N–H and O–H groups in total. The Morgan fingerprint density at radius 3 is 2.60 bits per heavy atom. The van der Waals surface area contributed by atoms with Crippen LogP contribution in [0.2, 0.25) is 0 Å². The van der Waals surface area contributed by atoms with E-state index >= 15 is 0 Å². The van der Waals surface area contributed by atoms with E-state index in [-0.39, 0.29) is 11.8 Å². The lowest BCUT2D eigenvalue weighted by atomic mass is 10.0. The molecule has 2 heterocycles. The van der Waals surface area contributed by atoms with Crippen LogP contribution in [0.25, 0.3) is 0 Å². The van der Waals surface area contributed by atoms with Crippen LogP contribution in [-0.2, 0) is 4.79 Å². The highest BCUT2D eigenvalue weighted by Gasteiger charge is 2.47. The molecule has 1 amide bonds. The largest absolute Gasteiger partial charge is 0.465 e. The number of carbonyl (C=O) groups excluding carboxylic acids is 1. The lowest BCUT2D eigenvalue weighted by Crippen LogP contribution is -2.48. The molecule has 2 aliphatic carbocycles. The SMILES string of the molecule is CC1CC1c1ccc(C2CC2C(=O)NCC2CNC2)o1. The van der Waals surface area contributed by atoms with Crippen molar-refractivity contribution in [3.8, 4) is 0 Å². The third-order valence-corrected chi connectivity index (χ3v) is 5.05. The van der Waals surface area contributed by atoms with Crippen molar-refractivity contribution in [1.82, 2.24) is 10.6 Å². The first-order valence-corrected chi connectivity index (χ1v) is 7.80. The van der Waals surface area contributed by atoms with Crippen molar-refractivity contribution in [1.29, 1.82) is 0 Å². The third kappa shape index (κ3) is 2.26. The lowest BCUT2D eigenvalue weighted by Gasteiger charge is -2.27. The Hall–Kier alpha value is -1.29. The monoisotopic (exact) mass is 274 g/mol. The minimum Gasteiger partial charge on any atom is -0.465 e. The van der Waals surface area contributed by atoms with Gasteiger partial charge in [0, 0.05) is 43.3 Å². The lowest BCUT2D eigenvalue weighted by molar-refractivity contribution is -0.122. The highest BCUT2D eigenvalue weighted by atomic mass is 16.3. The number of furan rings is 1. The summed E-state index contributed by atoms with van der Waals surface area (Å²) in [6.45, 7) is 5.15. The molecule has 20 heavy (non-hydrogen) atoms. The van der Waals surface area contributed by atoms with Crippen molar-refractivity contribution in [2.75, 3.05) is 19.6 Å². The molecule has 3 fully saturated rings. The average molecular weight is 274 g/mol. The minimum atomic E-state index is 0.138. The predicted octanol–water partition coefficient (Wildman–Crippen LogP) is 1.84. The first-order valence-electron chi connectivity index (χ1n) is 7.80. The van der Waals surface area contributed by atoms with Gasteiger partial charge in [0.15, 0.2) is 0 Å². The molecule has 4 nitrogen and oxygen atoms in total. The fourth-order valence-corrected chi connectivity index (χ4v) is 3.15. The zero-order chi connectivity index (χ0) is 13.7. The zero-order valence-corrected chi connectivity index (χ0v) is 11.9. The normalized spacial score (nSPS) is 35.5. The van der Waals surface area contributed by atoms with Gasteiger partial charge in [0.2, 0.25) is 5.91 Å². The fourth-order valence-electron chi connectivity index (χ4n) is 3.15. The number of hydrogen-bond acceptors (Lipinski definition) is 3. The maximum absolute atomic E-state index is 12.1. The van der Waals surface area contributed by atoms with Crippen LogP contribution in [0.4, 0.5) is 0 Å². The van der Waals surface area contributed by atoms with E-state index in [1.165, 1.54) is 6.42 Å².